The van der Waals surface area contributed by atoms with Gasteiger partial charge in [0.2, 0.25) is 15.9 Å². The molecule has 0 aliphatic carbocycles. The molecule has 0 saturated heterocycles. The van der Waals surface area contributed by atoms with E-state index in [0.717, 1.165) is 21.5 Å². The van der Waals surface area contributed by atoms with Gasteiger partial charge in [0.05, 0.1) is 11.9 Å². The first-order chi connectivity index (χ1) is 9.70. The fraction of sp³-hybridized carbons (Fsp3) is 0.500. The lowest BCUT2D eigenvalue weighted by molar-refractivity contribution is -0.119. The lowest BCUT2D eigenvalue weighted by atomic mass is 10.1. The van der Waals surface area contributed by atoms with Crippen molar-refractivity contribution in [1.82, 2.24) is 5.32 Å². The largest absolute Gasteiger partial charge is 0.355 e. The Morgan fingerprint density at radius 2 is 1.86 bits per heavy atom. The van der Waals surface area contributed by atoms with Crippen molar-refractivity contribution in [2.75, 3.05) is 23.7 Å². The van der Waals surface area contributed by atoms with E-state index >= 15 is 0 Å². The summed E-state index contributed by atoms with van der Waals surface area (Å²) in [6.07, 6.45) is 1.96. The summed E-state index contributed by atoms with van der Waals surface area (Å²) in [5.74, 6) is 0.187. The third-order valence-electron chi connectivity index (χ3n) is 2.85. The molecule has 118 valence electrons. The topological polar surface area (TPSA) is 66.5 Å². The van der Waals surface area contributed by atoms with Crippen molar-refractivity contribution in [2.24, 2.45) is 5.92 Å². The molecule has 0 aliphatic rings. The van der Waals surface area contributed by atoms with Crippen LogP contribution in [0.15, 0.2) is 28.7 Å². The SMILES string of the molecule is CC(C)CCNC(=O)CN(c1ccc(Br)cc1)S(C)(=O)=O. The van der Waals surface area contributed by atoms with E-state index in [2.05, 4.69) is 35.1 Å². The van der Waals surface area contributed by atoms with E-state index in [-0.39, 0.29) is 12.5 Å². The average molecular weight is 377 g/mol. The van der Waals surface area contributed by atoms with E-state index in [9.17, 15) is 13.2 Å². The zero-order chi connectivity index (χ0) is 16.0. The van der Waals surface area contributed by atoms with E-state index in [1.807, 2.05) is 0 Å². The van der Waals surface area contributed by atoms with E-state index < -0.39 is 10.0 Å². The van der Waals surface area contributed by atoms with Gasteiger partial charge < -0.3 is 5.32 Å². The maximum absolute atomic E-state index is 11.9. The Bertz CT molecular complexity index is 570. The van der Waals surface area contributed by atoms with Crippen molar-refractivity contribution < 1.29 is 13.2 Å². The number of carbonyl (C=O) groups excluding carboxylic acids is 1. The van der Waals surface area contributed by atoms with Crippen LogP contribution >= 0.6 is 15.9 Å². The summed E-state index contributed by atoms with van der Waals surface area (Å²) < 4.78 is 25.7. The number of sulfonamides is 1. The Balaban J connectivity index is 2.76. The molecule has 1 aromatic rings. The quantitative estimate of drug-likeness (QED) is 0.794. The van der Waals surface area contributed by atoms with E-state index in [4.69, 9.17) is 0 Å². The highest BCUT2D eigenvalue weighted by Crippen LogP contribution is 2.20. The second kappa shape index (κ2) is 7.79. The Morgan fingerprint density at radius 3 is 2.33 bits per heavy atom. The molecule has 0 saturated carbocycles. The summed E-state index contributed by atoms with van der Waals surface area (Å²) in [6.45, 7) is 4.47. The molecule has 0 atom stereocenters. The van der Waals surface area contributed by atoms with Crippen LogP contribution < -0.4 is 9.62 Å². The monoisotopic (exact) mass is 376 g/mol. The maximum Gasteiger partial charge on any atom is 0.240 e. The number of rotatable bonds is 7. The summed E-state index contributed by atoms with van der Waals surface area (Å²) in [4.78, 5) is 11.9. The normalized spacial score (nSPS) is 11.5. The van der Waals surface area contributed by atoms with Crippen molar-refractivity contribution >= 4 is 37.5 Å². The fourth-order valence-corrected chi connectivity index (χ4v) is 2.81. The summed E-state index contributed by atoms with van der Waals surface area (Å²) in [6, 6.07) is 6.80. The number of nitrogens with one attached hydrogen (secondary N) is 1. The van der Waals surface area contributed by atoms with E-state index in [1.165, 1.54) is 0 Å². The first-order valence-corrected chi connectivity index (χ1v) is 9.34. The second-order valence-corrected chi connectivity index (χ2v) is 8.10. The first-order valence-electron chi connectivity index (χ1n) is 6.70. The third kappa shape index (κ3) is 6.48. The molecule has 1 N–H and O–H groups in total. The molecule has 0 bridgehead atoms. The predicted molar refractivity (Wildman–Crippen MR) is 88.8 cm³/mol. The van der Waals surface area contributed by atoms with Crippen LogP contribution in [-0.2, 0) is 14.8 Å². The highest BCUT2D eigenvalue weighted by atomic mass is 79.9. The van der Waals surface area contributed by atoms with Crippen LogP contribution in [0.5, 0.6) is 0 Å². The Labute approximate surface area is 134 Å². The standard InChI is InChI=1S/C14H21BrN2O3S/c1-11(2)8-9-16-14(18)10-17(21(3,19)20)13-6-4-12(15)5-7-13/h4-7,11H,8-10H2,1-3H3,(H,16,18). The van der Waals surface area contributed by atoms with Gasteiger partial charge in [-0.05, 0) is 36.6 Å². The molecular weight excluding hydrogens is 356 g/mol. The molecule has 1 amide bonds. The van der Waals surface area contributed by atoms with Crippen LogP contribution in [0.2, 0.25) is 0 Å². The first kappa shape index (κ1) is 18.0. The van der Waals surface area contributed by atoms with Gasteiger partial charge in [-0.2, -0.15) is 0 Å². The van der Waals surface area contributed by atoms with Gasteiger partial charge in [-0.3, -0.25) is 9.10 Å². The number of hydrogen-bond donors (Lipinski definition) is 1. The van der Waals surface area contributed by atoms with Gasteiger partial charge in [0.1, 0.15) is 6.54 Å². The van der Waals surface area contributed by atoms with Crippen molar-refractivity contribution in [3.8, 4) is 0 Å². The van der Waals surface area contributed by atoms with Gasteiger partial charge in [-0.1, -0.05) is 29.8 Å². The zero-order valence-corrected chi connectivity index (χ0v) is 14.9. The molecule has 5 nitrogen and oxygen atoms in total. The molecule has 0 unspecified atom stereocenters. The second-order valence-electron chi connectivity index (χ2n) is 5.28. The Kier molecular flexibility index (Phi) is 6.67. The van der Waals surface area contributed by atoms with Crippen LogP contribution in [0.3, 0.4) is 0 Å². The van der Waals surface area contributed by atoms with Gasteiger partial charge in [0.25, 0.3) is 0 Å². The number of carbonyl (C=O) groups is 1. The number of hydrogen-bond acceptors (Lipinski definition) is 3. The predicted octanol–water partition coefficient (Wildman–Crippen LogP) is 2.38. The molecular formula is C14H21BrN2O3S. The van der Waals surface area contributed by atoms with Crippen LogP contribution in [0.4, 0.5) is 5.69 Å². The number of anilines is 1. The fourth-order valence-electron chi connectivity index (χ4n) is 1.69. The minimum absolute atomic E-state index is 0.210. The van der Waals surface area contributed by atoms with Gasteiger partial charge in [-0.15, -0.1) is 0 Å². The van der Waals surface area contributed by atoms with Gasteiger partial charge in [-0.25, -0.2) is 8.42 Å². The molecule has 0 radical (unpaired) electrons. The molecule has 7 heteroatoms. The van der Waals surface area contributed by atoms with Gasteiger partial charge in [0.15, 0.2) is 0 Å². The summed E-state index contributed by atoms with van der Waals surface area (Å²) in [5, 5.41) is 2.74. The summed E-state index contributed by atoms with van der Waals surface area (Å²) in [5.41, 5.74) is 0.472. The van der Waals surface area contributed by atoms with Crippen LogP contribution in [0.25, 0.3) is 0 Å². The van der Waals surface area contributed by atoms with Crippen LogP contribution in [0.1, 0.15) is 20.3 Å². The molecule has 21 heavy (non-hydrogen) atoms. The smallest absolute Gasteiger partial charge is 0.240 e. The molecule has 1 rings (SSSR count). The molecule has 0 spiro atoms. The molecule has 1 aromatic carbocycles. The van der Waals surface area contributed by atoms with Gasteiger partial charge in [0, 0.05) is 11.0 Å². The summed E-state index contributed by atoms with van der Waals surface area (Å²) in [7, 11) is -3.51. The summed E-state index contributed by atoms with van der Waals surface area (Å²) >= 11 is 3.30. The minimum atomic E-state index is -3.51. The third-order valence-corrected chi connectivity index (χ3v) is 4.52. The lowest BCUT2D eigenvalue weighted by Gasteiger charge is -2.22. The lowest BCUT2D eigenvalue weighted by Crippen LogP contribution is -2.40. The minimum Gasteiger partial charge on any atom is -0.355 e. The average Bonchev–Trinajstić information content (AvgIpc) is 2.35. The van der Waals surface area contributed by atoms with E-state index in [0.29, 0.717) is 18.2 Å². The van der Waals surface area contributed by atoms with Crippen LogP contribution in [-0.4, -0.2) is 33.7 Å². The highest BCUT2D eigenvalue weighted by Gasteiger charge is 2.20. The Morgan fingerprint density at radius 1 is 1.29 bits per heavy atom. The van der Waals surface area contributed by atoms with E-state index in [1.54, 1.807) is 24.3 Å². The number of nitrogens with zero attached hydrogens (tertiary/aromatic N) is 1. The number of halogens is 1. The zero-order valence-electron chi connectivity index (χ0n) is 12.5. The Hall–Kier alpha value is -1.08. The number of amides is 1. The van der Waals surface area contributed by atoms with Crippen LogP contribution in [0, 0.1) is 5.92 Å². The molecule has 0 aliphatic heterocycles. The van der Waals surface area contributed by atoms with Crippen molar-refractivity contribution in [3.05, 3.63) is 28.7 Å². The molecule has 0 heterocycles. The highest BCUT2D eigenvalue weighted by molar-refractivity contribution is 9.10. The number of benzene rings is 1. The maximum atomic E-state index is 11.9. The van der Waals surface area contributed by atoms with Crippen molar-refractivity contribution in [3.63, 3.8) is 0 Å². The van der Waals surface area contributed by atoms with Crippen molar-refractivity contribution in [1.29, 1.82) is 0 Å². The molecule has 0 aromatic heterocycles. The van der Waals surface area contributed by atoms with Gasteiger partial charge >= 0.3 is 0 Å². The van der Waals surface area contributed by atoms with Crippen molar-refractivity contribution in [2.45, 2.75) is 20.3 Å². The molecule has 0 fully saturated rings.